The van der Waals surface area contributed by atoms with Gasteiger partial charge in [0.15, 0.2) is 0 Å². The molecule has 0 bridgehead atoms. The topological polar surface area (TPSA) is 0 Å². The van der Waals surface area contributed by atoms with Gasteiger partial charge in [-0.1, -0.05) is 0 Å². The molecule has 730 valence electrons. The standard InChI is InChI=1S/C44H16BF76.Na.H/c46-9(47,17(58,59)25(74,75)33(90,91)29(82,83)21(66,67)13(54,37(98,99)100)38(101,102)103)1-5-45(6-2-10(48,49)18(60,61)26(76,77)34(92,93)30(84,85)22(68,69)14(55,39(104,105)106)40(107,108)109,7-3-11(50,51)19(62,63)27(78,79)35(94,95)31(86,87)23(70,71)15(56,41(110,111)112)42(113,114)115)8-4-12(52,53)20(64,65)28(80,81)36(96,97)32(88,89)24(72,73)16(57,43(116,117)118)44(119,120)121;;/h1-8H2;;/q-1;+1;-1. The van der Waals surface area contributed by atoms with E-state index in [0.29, 0.717) is 0 Å². The molecule has 0 heterocycles. The van der Waals surface area contributed by atoms with Crippen LogP contribution in [0.5, 0.6) is 0 Å². The SMILES string of the molecule is FC(F)(F)C(F)(C(F)(F)F)C(F)(F)C(F)(F)C(F)(F)C(F)(F)C(F)(F)C(F)(F)CC[B-](CCC(F)(F)C(F)(F)C(F)(F)C(F)(F)C(F)(F)C(F)(F)C(F)(C(F)(F)F)C(F)(F)F)(CCC(F)(F)C(F)(F)C(F)(F)C(F)(F)C(F)(F)C(F)(F)C(F)(C(F)(F)F)C(F)(F)F)CCC(F)(F)C(F)(F)C(F)(F)C(F)(F)C(F)(F)C(F)(F)C(F)(C(F)(F)F)C(F)(F)F.[H-].[Na+]. The van der Waals surface area contributed by atoms with Gasteiger partial charge in [0.05, 0.1) is 0 Å². The fourth-order valence-corrected chi connectivity index (χ4v) is 9.66. The third-order valence-corrected chi connectivity index (χ3v) is 17.3. The predicted molar refractivity (Wildman–Crippen MR) is 227 cm³/mol. The van der Waals surface area contributed by atoms with Gasteiger partial charge < -0.3 is 1.43 Å². The molecule has 0 aliphatic rings. The van der Waals surface area contributed by atoms with Crippen molar-refractivity contribution in [2.75, 3.05) is 0 Å². The number of hydrogen-bond acceptors (Lipinski definition) is 0. The van der Waals surface area contributed by atoms with Gasteiger partial charge in [-0.25, -0.2) is 17.6 Å². The normalized spacial score (nSPS) is 17.2. The third-order valence-electron chi connectivity index (χ3n) is 17.3. The molecule has 0 rings (SSSR count). The Morgan fingerprint density at radius 2 is 0.189 bits per heavy atom. The largest absolute Gasteiger partial charge is 1.00 e. The van der Waals surface area contributed by atoms with Gasteiger partial charge in [-0.3, -0.25) is 0 Å². The zero-order valence-corrected chi connectivity index (χ0v) is 56.0. The Balaban J connectivity index is -0.0000720. The van der Waals surface area contributed by atoms with E-state index in [0.717, 1.165) is 0 Å². The first-order valence-electron chi connectivity index (χ1n) is 27.4. The van der Waals surface area contributed by atoms with Crippen molar-refractivity contribution in [3.63, 3.8) is 0 Å². The van der Waals surface area contributed by atoms with Crippen molar-refractivity contribution in [3.05, 3.63) is 0 Å². The van der Waals surface area contributed by atoms with Gasteiger partial charge in [-0.05, 0) is 25.7 Å². The Morgan fingerprint density at radius 3 is 0.270 bits per heavy atom. The van der Waals surface area contributed by atoms with Crippen molar-refractivity contribution in [1.82, 2.24) is 0 Å². The molecule has 0 aromatic rings. The van der Waals surface area contributed by atoms with Crippen LogP contribution in [0.1, 0.15) is 27.1 Å². The summed E-state index contributed by atoms with van der Waals surface area (Å²) in [7, 11) is 0. The van der Waals surface area contributed by atoms with Crippen LogP contribution in [0.15, 0.2) is 0 Å². The maximum atomic E-state index is 15.6. The minimum Gasteiger partial charge on any atom is -1.00 e. The van der Waals surface area contributed by atoms with Crippen LogP contribution in [-0.4, -0.2) is 220 Å². The predicted octanol–water partition coefficient (Wildman–Crippen LogP) is 24.7. The monoisotopic (exact) mass is 2020 g/mol. The summed E-state index contributed by atoms with van der Waals surface area (Å²) in [6.07, 6.45) is -128. The molecule has 0 radical (unpaired) electrons. The zero-order chi connectivity index (χ0) is 100. The fourth-order valence-electron chi connectivity index (χ4n) is 9.66. The molecule has 0 aliphatic carbocycles. The van der Waals surface area contributed by atoms with Crippen LogP contribution >= 0.6 is 0 Å². The van der Waals surface area contributed by atoms with Crippen LogP contribution in [0, 0.1) is 0 Å². The van der Waals surface area contributed by atoms with Crippen LogP contribution in [0.25, 0.3) is 0 Å². The molecule has 0 N–H and O–H groups in total. The van der Waals surface area contributed by atoms with Crippen LogP contribution in [0.3, 0.4) is 0 Å². The van der Waals surface area contributed by atoms with Gasteiger partial charge in [-0.2, -0.15) is 341 Å². The molecule has 0 saturated carbocycles. The minimum atomic E-state index is -10.6. The van der Waals surface area contributed by atoms with E-state index in [1.54, 1.807) is 0 Å². The first kappa shape index (κ1) is 120. The van der Waals surface area contributed by atoms with E-state index in [4.69, 9.17) is 0 Å². The summed E-state index contributed by atoms with van der Waals surface area (Å²) in [5.41, 5.74) is -39.8. The van der Waals surface area contributed by atoms with E-state index < -0.39 is 271 Å². The second-order valence-electron chi connectivity index (χ2n) is 24.8. The Labute approximate surface area is 636 Å². The molecule has 0 saturated heterocycles. The molecular weight excluding hydrogens is 2010 g/mol. The number of hydrogen-bond donors (Lipinski definition) is 0. The summed E-state index contributed by atoms with van der Waals surface area (Å²) in [6, 6.07) is 0. The molecule has 0 fully saturated rings. The van der Waals surface area contributed by atoms with Gasteiger partial charge >= 0.3 is 244 Å². The first-order chi connectivity index (χ1) is 50.8. The molecule has 78 heteroatoms. The molecule has 0 aliphatic heterocycles. The van der Waals surface area contributed by atoms with Gasteiger partial charge in [0, 0.05) is 6.15 Å². The first-order valence-corrected chi connectivity index (χ1v) is 27.4. The maximum absolute atomic E-state index is 15.6. The van der Waals surface area contributed by atoms with Crippen molar-refractivity contribution in [1.29, 1.82) is 0 Å². The smallest absolute Gasteiger partial charge is 1.00 e. The molecule has 0 aromatic heterocycles. The van der Waals surface area contributed by atoms with Gasteiger partial charge in [0.25, 0.3) is 0 Å². The summed E-state index contributed by atoms with van der Waals surface area (Å²) < 4.78 is 1080. The summed E-state index contributed by atoms with van der Waals surface area (Å²) in [5.74, 6) is -247. The van der Waals surface area contributed by atoms with Crippen molar-refractivity contribution in [2.45, 2.75) is 265 Å². The van der Waals surface area contributed by atoms with E-state index in [9.17, 15) is 263 Å². The summed E-state index contributed by atoms with van der Waals surface area (Å²) in [5, 5.41) is 0. The average Bonchev–Trinajstić information content (AvgIpc) is 0.695. The van der Waals surface area contributed by atoms with E-state index in [1.807, 2.05) is 0 Å². The summed E-state index contributed by atoms with van der Waals surface area (Å²) in [4.78, 5) is 0. The molecule has 0 atom stereocenters. The maximum Gasteiger partial charge on any atom is 1.00 e. The van der Waals surface area contributed by atoms with Crippen molar-refractivity contribution in [3.8, 4) is 0 Å². The van der Waals surface area contributed by atoms with E-state index in [-0.39, 0.29) is 31.0 Å². The second kappa shape index (κ2) is 30.7. The average molecular weight is 2020 g/mol. The Hall–Kier alpha value is -4.26. The van der Waals surface area contributed by atoms with E-state index in [2.05, 4.69) is 0 Å². The zero-order valence-electron chi connectivity index (χ0n) is 55.0. The van der Waals surface area contributed by atoms with E-state index in [1.165, 1.54) is 0 Å². The van der Waals surface area contributed by atoms with Gasteiger partial charge in [0.2, 0.25) is 0 Å². The molecule has 122 heavy (non-hydrogen) atoms. The van der Waals surface area contributed by atoms with Crippen molar-refractivity contribution >= 4 is 6.15 Å². The van der Waals surface area contributed by atoms with Crippen LogP contribution in [-0.2, 0) is 0 Å². The molecule has 0 aromatic carbocycles. The third kappa shape index (κ3) is 15.7. The molecule has 0 unspecified atom stereocenters. The van der Waals surface area contributed by atoms with Crippen LogP contribution in [0.2, 0.25) is 25.3 Å². The number of alkyl halides is 76. The summed E-state index contributed by atoms with van der Waals surface area (Å²) in [6.45, 7) is 0. The fraction of sp³-hybridized carbons (Fsp3) is 1.00. The number of halogens is 76. The quantitative estimate of drug-likeness (QED) is 0.0433. The van der Waals surface area contributed by atoms with Crippen molar-refractivity contribution < 1.29 is 365 Å². The summed E-state index contributed by atoms with van der Waals surface area (Å²) >= 11 is 0. The Bertz CT molecular complexity index is 3050. The Kier molecular flexibility index (Phi) is 30.1. The Morgan fingerprint density at radius 1 is 0.115 bits per heavy atom. The molecular formula is C44H17BF76Na-. The second-order valence-corrected chi connectivity index (χ2v) is 24.8. The molecule has 0 nitrogen and oxygen atoms in total. The van der Waals surface area contributed by atoms with E-state index >= 15 is 70.2 Å². The number of rotatable bonds is 36. The van der Waals surface area contributed by atoms with Gasteiger partial charge in [0.1, 0.15) is 0 Å². The molecule has 0 amide bonds. The van der Waals surface area contributed by atoms with Gasteiger partial charge in [-0.15, -0.1) is 0 Å². The van der Waals surface area contributed by atoms with Crippen LogP contribution in [0.4, 0.5) is 334 Å². The van der Waals surface area contributed by atoms with Crippen LogP contribution < -0.4 is 29.6 Å². The van der Waals surface area contributed by atoms with Crippen molar-refractivity contribution in [2.24, 2.45) is 0 Å². The molecule has 0 spiro atoms. The minimum absolute atomic E-state index is 0.